The summed E-state index contributed by atoms with van der Waals surface area (Å²) < 4.78 is 0. The van der Waals surface area contributed by atoms with E-state index in [1.165, 1.54) is 0 Å². The van der Waals surface area contributed by atoms with Crippen molar-refractivity contribution in [3.63, 3.8) is 0 Å². The van der Waals surface area contributed by atoms with Crippen LogP contribution in [0.25, 0.3) is 0 Å². The molecule has 6 N–H and O–H groups in total. The Kier molecular flexibility index (Phi) is 7.40. The van der Waals surface area contributed by atoms with Crippen LogP contribution in [0.2, 0.25) is 0 Å². The Labute approximate surface area is 113 Å². The lowest BCUT2D eigenvalue weighted by molar-refractivity contribution is -0.126. The molecule has 0 rings (SSSR count). The molecule has 0 aromatic carbocycles. The number of urea groups is 1. The van der Waals surface area contributed by atoms with Gasteiger partial charge in [-0.25, -0.2) is 4.79 Å². The van der Waals surface area contributed by atoms with Crippen LogP contribution in [-0.4, -0.2) is 46.9 Å². The number of primary amides is 1. The third kappa shape index (κ3) is 5.89. The van der Waals surface area contributed by atoms with Gasteiger partial charge in [-0.15, -0.1) is 0 Å². The topological polar surface area (TPSA) is 125 Å². The van der Waals surface area contributed by atoms with E-state index in [9.17, 15) is 19.8 Å². The molecule has 0 aliphatic rings. The van der Waals surface area contributed by atoms with Crippen LogP contribution in [0.3, 0.4) is 0 Å². The second-order valence-corrected chi connectivity index (χ2v) is 5.13. The number of nitrogens with two attached hydrogens (primary N) is 1. The molecule has 7 heteroatoms. The number of rotatable bonds is 8. The van der Waals surface area contributed by atoms with Gasteiger partial charge in [0.2, 0.25) is 5.91 Å². The number of hydrogen-bond acceptors (Lipinski definition) is 4. The zero-order valence-corrected chi connectivity index (χ0v) is 11.8. The number of carbonyl (C=O) groups is 2. The number of hydrogen-bond donors (Lipinski definition) is 5. The fourth-order valence-corrected chi connectivity index (χ4v) is 1.66. The Hall–Kier alpha value is -1.34. The minimum Gasteiger partial charge on any atom is -0.394 e. The maximum atomic E-state index is 12.1. The van der Waals surface area contributed by atoms with Crippen LogP contribution in [0, 0.1) is 5.92 Å². The second-order valence-electron chi connectivity index (χ2n) is 5.13. The van der Waals surface area contributed by atoms with E-state index in [2.05, 4.69) is 10.6 Å². The molecule has 7 nitrogen and oxygen atoms in total. The molecule has 0 saturated carbocycles. The maximum Gasteiger partial charge on any atom is 0.312 e. The van der Waals surface area contributed by atoms with Crippen molar-refractivity contribution >= 4 is 11.9 Å². The third-order valence-electron chi connectivity index (χ3n) is 3.01. The summed E-state index contributed by atoms with van der Waals surface area (Å²) in [6, 6.07) is -1.56. The molecule has 0 aliphatic carbocycles. The lowest BCUT2D eigenvalue weighted by Crippen LogP contribution is -2.59. The summed E-state index contributed by atoms with van der Waals surface area (Å²) in [7, 11) is 0. The first-order valence-corrected chi connectivity index (χ1v) is 6.40. The monoisotopic (exact) mass is 275 g/mol. The summed E-state index contributed by atoms with van der Waals surface area (Å²) in [6.07, 6.45) is 0.794. The molecule has 0 aromatic rings. The first kappa shape index (κ1) is 17.7. The van der Waals surface area contributed by atoms with Crippen LogP contribution in [0.5, 0.6) is 0 Å². The molecule has 0 fully saturated rings. The Morgan fingerprint density at radius 2 is 1.79 bits per heavy atom. The molecule has 19 heavy (non-hydrogen) atoms. The van der Waals surface area contributed by atoms with Crippen molar-refractivity contribution in [1.29, 1.82) is 0 Å². The van der Waals surface area contributed by atoms with Gasteiger partial charge in [0.15, 0.2) is 0 Å². The predicted molar refractivity (Wildman–Crippen MR) is 71.3 cm³/mol. The van der Waals surface area contributed by atoms with Gasteiger partial charge >= 0.3 is 6.03 Å². The average Bonchev–Trinajstić information content (AvgIpc) is 2.34. The molecular weight excluding hydrogens is 250 g/mol. The fraction of sp³-hybridized carbons (Fsp3) is 0.833. The van der Waals surface area contributed by atoms with Crippen LogP contribution in [0.1, 0.15) is 33.6 Å². The quantitative estimate of drug-likeness (QED) is 0.402. The zero-order chi connectivity index (χ0) is 15.1. The zero-order valence-electron chi connectivity index (χ0n) is 11.8. The summed E-state index contributed by atoms with van der Waals surface area (Å²) in [5, 5.41) is 23.5. The Morgan fingerprint density at radius 3 is 2.11 bits per heavy atom. The molecule has 0 radical (unpaired) electrons. The van der Waals surface area contributed by atoms with Crippen molar-refractivity contribution < 1.29 is 19.8 Å². The first-order chi connectivity index (χ1) is 8.80. The van der Waals surface area contributed by atoms with E-state index in [1.807, 2.05) is 13.8 Å². The van der Waals surface area contributed by atoms with Gasteiger partial charge in [-0.05, 0) is 18.8 Å². The number of carbonyl (C=O) groups excluding carboxylic acids is 2. The second kappa shape index (κ2) is 7.96. The Bertz CT molecular complexity index is 295. The first-order valence-electron chi connectivity index (χ1n) is 6.40. The van der Waals surface area contributed by atoms with Crippen LogP contribution in [-0.2, 0) is 4.79 Å². The predicted octanol–water partition coefficient (Wildman–Crippen LogP) is -0.681. The molecule has 0 bridgehead atoms. The minimum absolute atomic E-state index is 0.182. The molecule has 0 saturated heterocycles. The third-order valence-corrected chi connectivity index (χ3v) is 3.01. The highest BCUT2D eigenvalue weighted by Gasteiger charge is 2.32. The van der Waals surface area contributed by atoms with Crippen LogP contribution in [0.15, 0.2) is 0 Å². The Balaban J connectivity index is 4.83. The molecule has 1 unspecified atom stereocenters. The van der Waals surface area contributed by atoms with Crippen LogP contribution in [0.4, 0.5) is 4.79 Å². The average molecular weight is 275 g/mol. The lowest BCUT2D eigenvalue weighted by Gasteiger charge is -2.32. The molecule has 0 spiro atoms. The maximum absolute atomic E-state index is 12.1. The van der Waals surface area contributed by atoms with Gasteiger partial charge in [0.05, 0.1) is 18.8 Å². The van der Waals surface area contributed by atoms with E-state index in [4.69, 9.17) is 5.73 Å². The smallest absolute Gasteiger partial charge is 0.312 e. The molecular formula is C12H25N3O4. The minimum atomic E-state index is -1.08. The van der Waals surface area contributed by atoms with E-state index in [0.29, 0.717) is 12.8 Å². The largest absolute Gasteiger partial charge is 0.394 e. The lowest BCUT2D eigenvalue weighted by atomic mass is 9.96. The SMILES string of the molecule is CCC(CO)(CO)NC(=O)C(CC(C)C)NC(N)=O. The van der Waals surface area contributed by atoms with Crippen molar-refractivity contribution in [3.05, 3.63) is 0 Å². The van der Waals surface area contributed by atoms with Crippen molar-refractivity contribution in [2.75, 3.05) is 13.2 Å². The van der Waals surface area contributed by atoms with E-state index in [-0.39, 0.29) is 19.1 Å². The van der Waals surface area contributed by atoms with Crippen molar-refractivity contribution in [3.8, 4) is 0 Å². The van der Waals surface area contributed by atoms with E-state index in [0.717, 1.165) is 0 Å². The Morgan fingerprint density at radius 1 is 1.26 bits per heavy atom. The number of amides is 3. The van der Waals surface area contributed by atoms with E-state index in [1.54, 1.807) is 6.92 Å². The van der Waals surface area contributed by atoms with E-state index >= 15 is 0 Å². The van der Waals surface area contributed by atoms with Gasteiger partial charge in [-0.3, -0.25) is 4.79 Å². The van der Waals surface area contributed by atoms with Gasteiger partial charge in [-0.2, -0.15) is 0 Å². The number of nitrogens with one attached hydrogen (secondary N) is 2. The summed E-state index contributed by atoms with van der Waals surface area (Å²) in [4.78, 5) is 23.0. The normalized spacial score (nSPS) is 13.2. The van der Waals surface area contributed by atoms with Crippen molar-refractivity contribution in [2.24, 2.45) is 11.7 Å². The van der Waals surface area contributed by atoms with Crippen molar-refractivity contribution in [2.45, 2.75) is 45.2 Å². The highest BCUT2D eigenvalue weighted by molar-refractivity contribution is 5.87. The summed E-state index contributed by atoms with van der Waals surface area (Å²) >= 11 is 0. The molecule has 1 atom stereocenters. The van der Waals surface area contributed by atoms with Crippen LogP contribution < -0.4 is 16.4 Å². The number of aliphatic hydroxyl groups excluding tert-OH is 2. The van der Waals surface area contributed by atoms with Gasteiger partial charge in [0, 0.05) is 0 Å². The summed E-state index contributed by atoms with van der Waals surface area (Å²) in [5.41, 5.74) is 3.96. The standard InChI is InChI=1S/C12H25N3O4/c1-4-12(6-16,7-17)15-10(18)9(5-8(2)3)14-11(13)19/h8-9,16-17H,4-7H2,1-3H3,(H,15,18)(H3,13,14,19). The highest BCUT2D eigenvalue weighted by Crippen LogP contribution is 2.11. The number of aliphatic hydroxyl groups is 2. The highest BCUT2D eigenvalue weighted by atomic mass is 16.3. The summed E-state index contributed by atoms with van der Waals surface area (Å²) in [5.74, 6) is -0.278. The molecule has 3 amide bonds. The molecule has 0 heterocycles. The van der Waals surface area contributed by atoms with Crippen LogP contribution >= 0.6 is 0 Å². The molecule has 0 aromatic heterocycles. The van der Waals surface area contributed by atoms with Gasteiger partial charge in [0.25, 0.3) is 0 Å². The molecule has 112 valence electrons. The fourth-order valence-electron chi connectivity index (χ4n) is 1.66. The van der Waals surface area contributed by atoms with Gasteiger partial charge in [-0.1, -0.05) is 20.8 Å². The molecule has 0 aliphatic heterocycles. The van der Waals surface area contributed by atoms with Gasteiger partial charge < -0.3 is 26.6 Å². The van der Waals surface area contributed by atoms with Crippen molar-refractivity contribution in [1.82, 2.24) is 10.6 Å². The summed E-state index contributed by atoms with van der Waals surface area (Å²) in [6.45, 7) is 4.81. The van der Waals surface area contributed by atoms with E-state index < -0.39 is 23.5 Å². The van der Waals surface area contributed by atoms with Gasteiger partial charge in [0.1, 0.15) is 6.04 Å².